The Morgan fingerprint density at radius 1 is 1.31 bits per heavy atom. The Labute approximate surface area is 87.7 Å². The number of aromatic nitrogens is 2. The van der Waals surface area contributed by atoms with Crippen LogP contribution in [-0.4, -0.2) is 23.6 Å². The molecule has 0 saturated carbocycles. The fraction of sp³-hybridized carbons (Fsp3) is 0.500. The van der Waals surface area contributed by atoms with E-state index in [0.717, 1.165) is 13.0 Å². The molecule has 5 heteroatoms. The number of hydrogen-bond donors (Lipinski definition) is 0. The van der Waals surface area contributed by atoms with Crippen LogP contribution < -0.4 is 4.90 Å². The monoisotopic (exact) mass is 219 g/mol. The molecule has 1 rings (SSSR count). The molecule has 0 fully saturated rings. The van der Waals surface area contributed by atoms with Crippen LogP contribution in [0.2, 0.25) is 10.3 Å². The van der Waals surface area contributed by atoms with E-state index in [1.807, 2.05) is 11.9 Å². The molecule has 13 heavy (non-hydrogen) atoms. The number of nitrogens with zero attached hydrogens (tertiary/aromatic N) is 3. The quantitative estimate of drug-likeness (QED) is 0.733. The van der Waals surface area contributed by atoms with Gasteiger partial charge in [-0.2, -0.15) is 0 Å². The van der Waals surface area contributed by atoms with E-state index >= 15 is 0 Å². The zero-order chi connectivity index (χ0) is 9.84. The van der Waals surface area contributed by atoms with Crippen molar-refractivity contribution in [1.82, 2.24) is 9.97 Å². The average molecular weight is 220 g/mol. The first kappa shape index (κ1) is 10.5. The van der Waals surface area contributed by atoms with Gasteiger partial charge in [0.2, 0.25) is 5.95 Å². The fourth-order valence-corrected chi connectivity index (χ4v) is 1.40. The van der Waals surface area contributed by atoms with Crippen molar-refractivity contribution in [3.8, 4) is 0 Å². The number of rotatable bonds is 3. The van der Waals surface area contributed by atoms with Crippen LogP contribution in [0.1, 0.15) is 13.3 Å². The third kappa shape index (κ3) is 3.01. The Morgan fingerprint density at radius 2 is 1.85 bits per heavy atom. The van der Waals surface area contributed by atoms with Gasteiger partial charge in [0.15, 0.2) is 0 Å². The first-order chi connectivity index (χ1) is 6.13. The van der Waals surface area contributed by atoms with Gasteiger partial charge in [0.25, 0.3) is 0 Å². The second-order valence-electron chi connectivity index (χ2n) is 2.73. The van der Waals surface area contributed by atoms with Gasteiger partial charge < -0.3 is 4.90 Å². The Balaban J connectivity index is 2.87. The van der Waals surface area contributed by atoms with Crippen molar-refractivity contribution in [3.05, 3.63) is 16.4 Å². The molecular weight excluding hydrogens is 209 g/mol. The summed E-state index contributed by atoms with van der Waals surface area (Å²) >= 11 is 11.5. The summed E-state index contributed by atoms with van der Waals surface area (Å²) in [5.41, 5.74) is 0. The number of hydrogen-bond acceptors (Lipinski definition) is 3. The van der Waals surface area contributed by atoms with E-state index in [1.54, 1.807) is 0 Å². The highest BCUT2D eigenvalue weighted by molar-refractivity contribution is 6.33. The molecule has 0 aromatic carbocycles. The maximum absolute atomic E-state index is 5.73. The number of halogens is 2. The van der Waals surface area contributed by atoms with Crippen molar-refractivity contribution in [1.29, 1.82) is 0 Å². The Bertz CT molecular complexity index is 270. The molecule has 0 saturated heterocycles. The molecule has 0 amide bonds. The van der Waals surface area contributed by atoms with E-state index in [-0.39, 0.29) is 0 Å². The smallest absolute Gasteiger partial charge is 0.227 e. The standard InChI is InChI=1S/C8H11Cl2N3/c1-3-4-13(2)8-11-6(9)5-7(10)12-8/h5H,3-4H2,1-2H3. The molecule has 0 radical (unpaired) electrons. The lowest BCUT2D eigenvalue weighted by Gasteiger charge is -2.15. The van der Waals surface area contributed by atoms with Gasteiger partial charge in [-0.05, 0) is 6.42 Å². The van der Waals surface area contributed by atoms with Gasteiger partial charge >= 0.3 is 0 Å². The van der Waals surface area contributed by atoms with Crippen LogP contribution >= 0.6 is 23.2 Å². The van der Waals surface area contributed by atoms with E-state index in [9.17, 15) is 0 Å². The Hall–Kier alpha value is -0.540. The minimum Gasteiger partial charge on any atom is -0.344 e. The van der Waals surface area contributed by atoms with Crippen LogP contribution in [0, 0.1) is 0 Å². The summed E-state index contributed by atoms with van der Waals surface area (Å²) in [6.45, 7) is 2.97. The van der Waals surface area contributed by atoms with Crippen LogP contribution in [0.5, 0.6) is 0 Å². The Kier molecular flexibility index (Phi) is 3.75. The lowest BCUT2D eigenvalue weighted by atomic mass is 10.4. The molecule has 0 unspecified atom stereocenters. The predicted molar refractivity (Wildman–Crippen MR) is 55.6 cm³/mol. The minimum absolute atomic E-state index is 0.373. The summed E-state index contributed by atoms with van der Waals surface area (Å²) in [5.74, 6) is 0.569. The largest absolute Gasteiger partial charge is 0.344 e. The van der Waals surface area contributed by atoms with Crippen molar-refractivity contribution in [2.24, 2.45) is 0 Å². The predicted octanol–water partition coefficient (Wildman–Crippen LogP) is 2.63. The van der Waals surface area contributed by atoms with Gasteiger partial charge in [0, 0.05) is 19.7 Å². The molecule has 0 aliphatic carbocycles. The summed E-state index contributed by atoms with van der Waals surface area (Å²) in [6.07, 6.45) is 1.03. The van der Waals surface area contributed by atoms with Crippen molar-refractivity contribution in [3.63, 3.8) is 0 Å². The SMILES string of the molecule is CCCN(C)c1nc(Cl)cc(Cl)n1. The van der Waals surface area contributed by atoms with Gasteiger partial charge in [-0.3, -0.25) is 0 Å². The molecule has 3 nitrogen and oxygen atoms in total. The molecule has 1 heterocycles. The third-order valence-corrected chi connectivity index (χ3v) is 1.94. The van der Waals surface area contributed by atoms with Crippen molar-refractivity contribution in [2.45, 2.75) is 13.3 Å². The first-order valence-electron chi connectivity index (χ1n) is 4.04. The molecule has 0 N–H and O–H groups in total. The number of anilines is 1. The van der Waals surface area contributed by atoms with Crippen molar-refractivity contribution < 1.29 is 0 Å². The molecular formula is C8H11Cl2N3. The molecule has 0 aliphatic rings. The van der Waals surface area contributed by atoms with Crippen LogP contribution in [0.4, 0.5) is 5.95 Å². The minimum atomic E-state index is 0.373. The van der Waals surface area contributed by atoms with Crippen molar-refractivity contribution in [2.75, 3.05) is 18.5 Å². The highest BCUT2D eigenvalue weighted by Crippen LogP contribution is 2.16. The van der Waals surface area contributed by atoms with Gasteiger partial charge in [-0.1, -0.05) is 30.1 Å². The zero-order valence-corrected chi connectivity index (χ0v) is 9.10. The van der Waals surface area contributed by atoms with Crippen LogP contribution in [0.15, 0.2) is 6.07 Å². The zero-order valence-electron chi connectivity index (χ0n) is 7.59. The third-order valence-electron chi connectivity index (χ3n) is 1.55. The molecule has 0 spiro atoms. The highest BCUT2D eigenvalue weighted by atomic mass is 35.5. The second-order valence-corrected chi connectivity index (χ2v) is 3.51. The molecule has 0 atom stereocenters. The second kappa shape index (κ2) is 4.63. The molecule has 1 aromatic heterocycles. The van der Waals surface area contributed by atoms with Gasteiger partial charge in [-0.25, -0.2) is 9.97 Å². The summed E-state index contributed by atoms with van der Waals surface area (Å²) < 4.78 is 0. The molecule has 0 bridgehead atoms. The first-order valence-corrected chi connectivity index (χ1v) is 4.80. The average Bonchev–Trinajstić information content (AvgIpc) is 2.03. The van der Waals surface area contributed by atoms with Crippen LogP contribution in [0.25, 0.3) is 0 Å². The topological polar surface area (TPSA) is 29.0 Å². The van der Waals surface area contributed by atoms with E-state index < -0.39 is 0 Å². The highest BCUT2D eigenvalue weighted by Gasteiger charge is 2.05. The van der Waals surface area contributed by atoms with Crippen LogP contribution in [-0.2, 0) is 0 Å². The van der Waals surface area contributed by atoms with Crippen LogP contribution in [0.3, 0.4) is 0 Å². The maximum Gasteiger partial charge on any atom is 0.227 e. The summed E-state index contributed by atoms with van der Waals surface area (Å²) in [7, 11) is 1.91. The molecule has 1 aromatic rings. The maximum atomic E-state index is 5.73. The summed E-state index contributed by atoms with van der Waals surface area (Å²) in [6, 6.07) is 1.52. The summed E-state index contributed by atoms with van der Waals surface area (Å²) in [4.78, 5) is 10.0. The lowest BCUT2D eigenvalue weighted by molar-refractivity contribution is 0.819. The van der Waals surface area contributed by atoms with E-state index in [1.165, 1.54) is 6.07 Å². The molecule has 0 aliphatic heterocycles. The fourth-order valence-electron chi connectivity index (χ4n) is 0.985. The van der Waals surface area contributed by atoms with E-state index in [0.29, 0.717) is 16.3 Å². The lowest BCUT2D eigenvalue weighted by Crippen LogP contribution is -2.20. The normalized spacial score (nSPS) is 10.2. The van der Waals surface area contributed by atoms with E-state index in [2.05, 4.69) is 16.9 Å². The molecule has 72 valence electrons. The Morgan fingerprint density at radius 3 is 2.31 bits per heavy atom. The summed E-state index contributed by atoms with van der Waals surface area (Å²) in [5, 5.41) is 0.746. The van der Waals surface area contributed by atoms with Crippen molar-refractivity contribution >= 4 is 29.2 Å². The van der Waals surface area contributed by atoms with Gasteiger partial charge in [-0.15, -0.1) is 0 Å². The van der Waals surface area contributed by atoms with E-state index in [4.69, 9.17) is 23.2 Å². The van der Waals surface area contributed by atoms with Gasteiger partial charge in [0.05, 0.1) is 0 Å². The van der Waals surface area contributed by atoms with Gasteiger partial charge in [0.1, 0.15) is 10.3 Å².